The van der Waals surface area contributed by atoms with Crippen molar-refractivity contribution in [1.82, 2.24) is 5.32 Å². The Morgan fingerprint density at radius 3 is 2.18 bits per heavy atom. The minimum Gasteiger partial charge on any atom is -0.376 e. The number of primary amides is 1. The quantitative estimate of drug-likeness (QED) is 0.583. The second kappa shape index (κ2) is 8.98. The molecule has 0 aliphatic carbocycles. The van der Waals surface area contributed by atoms with E-state index in [9.17, 15) is 18.8 Å². The Morgan fingerprint density at radius 2 is 1.61 bits per heavy atom. The molecule has 0 radical (unpaired) electrons. The van der Waals surface area contributed by atoms with Crippen LogP contribution < -0.4 is 21.7 Å². The number of rotatable bonds is 7. The lowest BCUT2D eigenvalue weighted by Crippen LogP contribution is -2.36. The molecule has 0 fully saturated rings. The predicted octanol–water partition coefficient (Wildman–Crippen LogP) is 2.02. The molecule has 0 spiro atoms. The second-order valence-corrected chi connectivity index (χ2v) is 6.51. The predicted molar refractivity (Wildman–Crippen MR) is 106 cm³/mol. The number of aryl methyl sites for hydroxylation is 3. The number of halogens is 1. The summed E-state index contributed by atoms with van der Waals surface area (Å²) in [5.74, 6) is -2.43. The van der Waals surface area contributed by atoms with Crippen molar-refractivity contribution >= 4 is 29.1 Å². The topological polar surface area (TPSA) is 113 Å². The van der Waals surface area contributed by atoms with Crippen LogP contribution in [0.4, 0.5) is 15.8 Å². The fraction of sp³-hybridized carbons (Fsp3) is 0.250. The normalized spacial score (nSPS) is 10.3. The molecule has 0 aliphatic heterocycles. The maximum absolute atomic E-state index is 13.7. The first-order chi connectivity index (χ1) is 13.2. The van der Waals surface area contributed by atoms with Gasteiger partial charge >= 0.3 is 0 Å². The van der Waals surface area contributed by atoms with Crippen LogP contribution in [0.2, 0.25) is 0 Å². The van der Waals surface area contributed by atoms with E-state index in [1.165, 1.54) is 12.1 Å². The number of hydrogen-bond donors (Lipinski definition) is 4. The van der Waals surface area contributed by atoms with Gasteiger partial charge in [0.1, 0.15) is 5.82 Å². The van der Waals surface area contributed by atoms with Crippen molar-refractivity contribution in [1.29, 1.82) is 0 Å². The number of benzene rings is 2. The van der Waals surface area contributed by atoms with Crippen LogP contribution in [0, 0.1) is 26.6 Å². The second-order valence-electron chi connectivity index (χ2n) is 6.51. The van der Waals surface area contributed by atoms with Gasteiger partial charge in [-0.2, -0.15) is 0 Å². The lowest BCUT2D eigenvalue weighted by Gasteiger charge is -2.13. The highest BCUT2D eigenvalue weighted by molar-refractivity contribution is 5.96. The molecular weight excluding hydrogens is 363 g/mol. The van der Waals surface area contributed by atoms with Crippen LogP contribution in [-0.2, 0) is 9.59 Å². The molecule has 28 heavy (non-hydrogen) atoms. The lowest BCUT2D eigenvalue weighted by molar-refractivity contribution is -0.122. The number of anilines is 2. The zero-order chi connectivity index (χ0) is 20.8. The first-order valence-electron chi connectivity index (χ1n) is 8.65. The first-order valence-corrected chi connectivity index (χ1v) is 8.65. The first kappa shape index (κ1) is 20.9. The van der Waals surface area contributed by atoms with Gasteiger partial charge in [-0.05, 0) is 50.1 Å². The van der Waals surface area contributed by atoms with Gasteiger partial charge in [0.2, 0.25) is 11.8 Å². The number of nitrogens with one attached hydrogen (secondary N) is 3. The smallest absolute Gasteiger partial charge is 0.251 e. The zero-order valence-electron chi connectivity index (χ0n) is 16.0. The van der Waals surface area contributed by atoms with E-state index in [0.717, 1.165) is 28.4 Å². The molecular formula is C20H23FN4O3. The van der Waals surface area contributed by atoms with Crippen molar-refractivity contribution in [3.8, 4) is 0 Å². The van der Waals surface area contributed by atoms with Crippen LogP contribution in [0.15, 0.2) is 30.3 Å². The zero-order valence-corrected chi connectivity index (χ0v) is 16.0. The summed E-state index contributed by atoms with van der Waals surface area (Å²) < 4.78 is 13.7. The summed E-state index contributed by atoms with van der Waals surface area (Å²) in [7, 11) is 0. The summed E-state index contributed by atoms with van der Waals surface area (Å²) in [6.45, 7) is 5.43. The SMILES string of the molecule is Cc1cc(C)c(NC(=O)CNC(=O)CNc2ccc(C(N)=O)c(F)c2)c(C)c1. The summed E-state index contributed by atoms with van der Waals surface area (Å²) in [4.78, 5) is 35.0. The maximum Gasteiger partial charge on any atom is 0.251 e. The fourth-order valence-corrected chi connectivity index (χ4v) is 2.81. The third kappa shape index (κ3) is 5.54. The molecule has 0 atom stereocenters. The van der Waals surface area contributed by atoms with Gasteiger partial charge in [-0.25, -0.2) is 4.39 Å². The molecule has 2 aromatic carbocycles. The van der Waals surface area contributed by atoms with Crippen LogP contribution in [0.3, 0.4) is 0 Å². The van der Waals surface area contributed by atoms with Gasteiger partial charge in [0.05, 0.1) is 18.7 Å². The summed E-state index contributed by atoms with van der Waals surface area (Å²) in [5, 5.41) is 7.99. The number of carbonyl (C=O) groups excluding carboxylic acids is 3. The van der Waals surface area contributed by atoms with Crippen molar-refractivity contribution in [2.75, 3.05) is 23.7 Å². The maximum atomic E-state index is 13.7. The Morgan fingerprint density at radius 1 is 0.964 bits per heavy atom. The van der Waals surface area contributed by atoms with Gasteiger partial charge in [-0.1, -0.05) is 17.7 Å². The average molecular weight is 386 g/mol. The summed E-state index contributed by atoms with van der Waals surface area (Å²) in [6.07, 6.45) is 0. The highest BCUT2D eigenvalue weighted by atomic mass is 19.1. The van der Waals surface area contributed by atoms with Crippen molar-refractivity contribution in [2.45, 2.75) is 20.8 Å². The minimum absolute atomic E-state index is 0.161. The van der Waals surface area contributed by atoms with Crippen molar-refractivity contribution < 1.29 is 18.8 Å². The molecule has 3 amide bonds. The Bertz CT molecular complexity index is 905. The van der Waals surface area contributed by atoms with E-state index in [1.807, 2.05) is 32.9 Å². The van der Waals surface area contributed by atoms with Crippen molar-refractivity contribution in [3.05, 3.63) is 58.4 Å². The molecule has 0 unspecified atom stereocenters. The minimum atomic E-state index is -0.869. The largest absolute Gasteiger partial charge is 0.376 e. The van der Waals surface area contributed by atoms with Crippen molar-refractivity contribution in [2.24, 2.45) is 5.73 Å². The Labute approximate surface area is 162 Å². The van der Waals surface area contributed by atoms with E-state index in [4.69, 9.17) is 5.73 Å². The Hall–Kier alpha value is -3.42. The number of carbonyl (C=O) groups is 3. The molecule has 0 saturated carbocycles. The van der Waals surface area contributed by atoms with Crippen molar-refractivity contribution in [3.63, 3.8) is 0 Å². The highest BCUT2D eigenvalue weighted by Gasteiger charge is 2.11. The summed E-state index contributed by atoms with van der Waals surface area (Å²) >= 11 is 0. The molecule has 0 aliphatic rings. The van der Waals surface area contributed by atoms with E-state index in [2.05, 4.69) is 16.0 Å². The molecule has 0 saturated heterocycles. The van der Waals surface area contributed by atoms with Gasteiger partial charge in [-0.15, -0.1) is 0 Å². The number of hydrogen-bond acceptors (Lipinski definition) is 4. The monoisotopic (exact) mass is 386 g/mol. The van der Waals surface area contributed by atoms with Gasteiger partial charge < -0.3 is 21.7 Å². The fourth-order valence-electron chi connectivity index (χ4n) is 2.81. The van der Waals surface area contributed by atoms with E-state index >= 15 is 0 Å². The van der Waals surface area contributed by atoms with Gasteiger partial charge in [0, 0.05) is 11.4 Å². The van der Waals surface area contributed by atoms with E-state index in [-0.39, 0.29) is 24.6 Å². The molecule has 148 valence electrons. The Balaban J connectivity index is 1.83. The van der Waals surface area contributed by atoms with E-state index in [1.54, 1.807) is 0 Å². The summed E-state index contributed by atoms with van der Waals surface area (Å²) in [5.41, 5.74) is 8.84. The summed E-state index contributed by atoms with van der Waals surface area (Å²) in [6, 6.07) is 7.67. The molecule has 0 bridgehead atoms. The van der Waals surface area contributed by atoms with Crippen LogP contribution in [0.5, 0.6) is 0 Å². The van der Waals surface area contributed by atoms with Crippen LogP contribution >= 0.6 is 0 Å². The third-order valence-electron chi connectivity index (χ3n) is 4.08. The van der Waals surface area contributed by atoms with Gasteiger partial charge in [0.15, 0.2) is 0 Å². The Kier molecular flexibility index (Phi) is 6.70. The molecule has 2 rings (SSSR count). The third-order valence-corrected chi connectivity index (χ3v) is 4.08. The molecule has 7 nitrogen and oxygen atoms in total. The number of nitrogens with two attached hydrogens (primary N) is 1. The highest BCUT2D eigenvalue weighted by Crippen LogP contribution is 2.21. The van der Waals surface area contributed by atoms with Gasteiger partial charge in [0.25, 0.3) is 5.91 Å². The molecule has 5 N–H and O–H groups in total. The van der Waals surface area contributed by atoms with E-state index < -0.39 is 17.6 Å². The molecule has 8 heteroatoms. The standard InChI is InChI=1S/C20H23FN4O3/c1-11-6-12(2)19(13(3)7-11)25-18(27)10-24-17(26)9-23-14-4-5-15(20(22)28)16(21)8-14/h4-8,23H,9-10H2,1-3H3,(H2,22,28)(H,24,26)(H,25,27). The molecule has 0 heterocycles. The van der Waals surface area contributed by atoms with E-state index in [0.29, 0.717) is 5.69 Å². The van der Waals surface area contributed by atoms with Crippen LogP contribution in [-0.4, -0.2) is 30.8 Å². The average Bonchev–Trinajstić information content (AvgIpc) is 2.61. The van der Waals surface area contributed by atoms with Crippen LogP contribution in [0.1, 0.15) is 27.0 Å². The molecule has 2 aromatic rings. The lowest BCUT2D eigenvalue weighted by atomic mass is 10.1. The molecule has 0 aromatic heterocycles. The number of amides is 3. The van der Waals surface area contributed by atoms with Crippen LogP contribution in [0.25, 0.3) is 0 Å². The van der Waals surface area contributed by atoms with Gasteiger partial charge in [-0.3, -0.25) is 14.4 Å².